The van der Waals surface area contributed by atoms with Crippen LogP contribution >= 0.6 is 11.3 Å². The lowest BCUT2D eigenvalue weighted by Gasteiger charge is -2.33. The van der Waals surface area contributed by atoms with Gasteiger partial charge in [0.05, 0.1) is 30.9 Å². The van der Waals surface area contributed by atoms with Crippen molar-refractivity contribution < 1.29 is 14.3 Å². The number of amides is 1. The lowest BCUT2D eigenvalue weighted by Crippen LogP contribution is -2.45. The standard InChI is InChI=1S/C23H24N6O4S.C7H8/c1-33-18(30)10-26-21(31)17-13-34-20-19(17)27-23(28-8-4-7-16(25)12-28)29(22(20)32)11-15-6-3-2-5-14(15)9-24;1-7-5-3-2-4-6-7/h2-3,5-6,13,16H,4,7-8,10-12,25H2,1H3,(H,26,31);2-6H,1H3/t16-;/m1./s1. The second-order valence-electron chi connectivity index (χ2n) is 9.66. The summed E-state index contributed by atoms with van der Waals surface area (Å²) in [6.45, 7) is 3.14. The Morgan fingerprint density at radius 2 is 1.93 bits per heavy atom. The maximum Gasteiger partial charge on any atom is 0.325 e. The summed E-state index contributed by atoms with van der Waals surface area (Å²) in [5, 5.41) is 13.6. The number of ether oxygens (including phenoxy) is 1. The molecule has 212 valence electrons. The number of anilines is 1. The number of esters is 1. The van der Waals surface area contributed by atoms with Gasteiger partial charge in [-0.2, -0.15) is 5.26 Å². The molecule has 41 heavy (non-hydrogen) atoms. The first kappa shape index (κ1) is 29.5. The molecular weight excluding hydrogens is 540 g/mol. The average molecular weight is 573 g/mol. The Bertz CT molecular complexity index is 1630. The normalized spacial score (nSPS) is 14.5. The molecule has 0 spiro atoms. The molecule has 0 saturated carbocycles. The number of aromatic nitrogens is 2. The largest absolute Gasteiger partial charge is 0.468 e. The fraction of sp³-hybridized carbons (Fsp3) is 0.300. The van der Waals surface area contributed by atoms with E-state index in [0.29, 0.717) is 34.9 Å². The number of hydrogen-bond donors (Lipinski definition) is 2. The number of carbonyl (C=O) groups excluding carboxylic acids is 2. The van der Waals surface area contributed by atoms with Gasteiger partial charge in [-0.3, -0.25) is 19.0 Å². The molecule has 1 atom stereocenters. The van der Waals surface area contributed by atoms with E-state index in [1.165, 1.54) is 12.7 Å². The monoisotopic (exact) mass is 572 g/mol. The average Bonchev–Trinajstić information content (AvgIpc) is 3.42. The highest BCUT2D eigenvalue weighted by atomic mass is 32.1. The number of nitriles is 1. The van der Waals surface area contributed by atoms with Crippen LogP contribution in [0.15, 0.2) is 64.8 Å². The van der Waals surface area contributed by atoms with Crippen molar-refractivity contribution in [1.82, 2.24) is 14.9 Å². The summed E-state index contributed by atoms with van der Waals surface area (Å²) in [6, 6.07) is 19.5. The van der Waals surface area contributed by atoms with Gasteiger partial charge in [-0.15, -0.1) is 11.3 Å². The summed E-state index contributed by atoms with van der Waals surface area (Å²) < 4.78 is 6.43. The van der Waals surface area contributed by atoms with Gasteiger partial charge in [-0.1, -0.05) is 54.1 Å². The van der Waals surface area contributed by atoms with Crippen LogP contribution in [0.5, 0.6) is 0 Å². The van der Waals surface area contributed by atoms with E-state index in [2.05, 4.69) is 35.2 Å². The van der Waals surface area contributed by atoms with Crippen LogP contribution in [0.1, 0.15) is 39.9 Å². The molecule has 0 radical (unpaired) electrons. The van der Waals surface area contributed by atoms with Crippen molar-refractivity contribution in [3.63, 3.8) is 0 Å². The van der Waals surface area contributed by atoms with Crippen molar-refractivity contribution in [3.05, 3.63) is 92.6 Å². The first-order chi connectivity index (χ1) is 19.8. The van der Waals surface area contributed by atoms with E-state index in [0.717, 1.165) is 24.2 Å². The first-order valence-electron chi connectivity index (χ1n) is 13.2. The van der Waals surface area contributed by atoms with E-state index in [9.17, 15) is 19.6 Å². The van der Waals surface area contributed by atoms with Crippen molar-refractivity contribution in [2.75, 3.05) is 31.6 Å². The maximum absolute atomic E-state index is 13.6. The quantitative estimate of drug-likeness (QED) is 0.335. The Morgan fingerprint density at radius 1 is 1.20 bits per heavy atom. The van der Waals surface area contributed by atoms with Crippen LogP contribution in [-0.4, -0.2) is 54.2 Å². The molecular formula is C30H32N6O4S. The van der Waals surface area contributed by atoms with Gasteiger partial charge in [0.2, 0.25) is 5.95 Å². The first-order valence-corrected chi connectivity index (χ1v) is 14.1. The highest BCUT2D eigenvalue weighted by Gasteiger charge is 2.26. The molecule has 11 heteroatoms. The summed E-state index contributed by atoms with van der Waals surface area (Å²) in [6.07, 6.45) is 1.72. The van der Waals surface area contributed by atoms with Crippen molar-refractivity contribution in [2.24, 2.45) is 5.73 Å². The third kappa shape index (κ3) is 7.16. The predicted octanol–water partition coefficient (Wildman–Crippen LogP) is 3.20. The summed E-state index contributed by atoms with van der Waals surface area (Å²) in [4.78, 5) is 44.5. The Kier molecular flexibility index (Phi) is 9.84. The number of fused-ring (bicyclic) bond motifs is 1. The highest BCUT2D eigenvalue weighted by Crippen LogP contribution is 2.26. The number of methoxy groups -OCH3 is 1. The zero-order valence-corrected chi connectivity index (χ0v) is 23.8. The maximum atomic E-state index is 13.6. The van der Waals surface area contributed by atoms with Crippen LogP contribution in [0.3, 0.4) is 0 Å². The molecule has 3 N–H and O–H groups in total. The number of carbonyl (C=O) groups is 2. The van der Waals surface area contributed by atoms with Crippen molar-refractivity contribution in [3.8, 4) is 6.07 Å². The van der Waals surface area contributed by atoms with Crippen molar-refractivity contribution in [1.29, 1.82) is 5.26 Å². The number of nitrogens with one attached hydrogen (secondary N) is 1. The van der Waals surface area contributed by atoms with Crippen LogP contribution in [0.4, 0.5) is 5.95 Å². The van der Waals surface area contributed by atoms with Crippen molar-refractivity contribution in [2.45, 2.75) is 32.4 Å². The topological polar surface area (TPSA) is 143 Å². The predicted molar refractivity (Wildman–Crippen MR) is 159 cm³/mol. The minimum atomic E-state index is -0.581. The molecule has 1 aliphatic rings. The Balaban J connectivity index is 0.000000483. The summed E-state index contributed by atoms with van der Waals surface area (Å²) >= 11 is 1.12. The van der Waals surface area contributed by atoms with E-state index in [1.54, 1.807) is 28.1 Å². The number of thiophene rings is 1. The van der Waals surface area contributed by atoms with Gasteiger partial charge >= 0.3 is 5.97 Å². The molecule has 1 fully saturated rings. The third-order valence-electron chi connectivity index (χ3n) is 6.67. The summed E-state index contributed by atoms with van der Waals surface area (Å²) in [5.41, 5.74) is 8.88. The lowest BCUT2D eigenvalue weighted by molar-refractivity contribution is -0.139. The molecule has 1 amide bonds. The summed E-state index contributed by atoms with van der Waals surface area (Å²) in [5.74, 6) is -0.694. The van der Waals surface area contributed by atoms with Crippen LogP contribution in [0.2, 0.25) is 0 Å². The van der Waals surface area contributed by atoms with Crippen molar-refractivity contribution >= 4 is 39.4 Å². The van der Waals surface area contributed by atoms with Gasteiger partial charge in [0.1, 0.15) is 16.8 Å². The molecule has 1 aliphatic heterocycles. The third-order valence-corrected chi connectivity index (χ3v) is 7.63. The number of piperidine rings is 1. The van der Waals surface area contributed by atoms with Gasteiger partial charge in [-0.25, -0.2) is 4.98 Å². The van der Waals surface area contributed by atoms with E-state index in [-0.39, 0.29) is 35.8 Å². The fourth-order valence-corrected chi connectivity index (χ4v) is 5.45. The van der Waals surface area contributed by atoms with Gasteiger partial charge in [0, 0.05) is 24.5 Å². The molecule has 0 bridgehead atoms. The molecule has 10 nitrogen and oxygen atoms in total. The number of rotatable bonds is 6. The number of nitrogens with two attached hydrogens (primary N) is 1. The number of aryl methyl sites for hydroxylation is 1. The fourth-order valence-electron chi connectivity index (χ4n) is 4.52. The second-order valence-corrected chi connectivity index (χ2v) is 10.5. The van der Waals surface area contributed by atoms with Gasteiger partial charge < -0.3 is 20.7 Å². The van der Waals surface area contributed by atoms with Crippen LogP contribution in [0, 0.1) is 18.3 Å². The lowest BCUT2D eigenvalue weighted by atomic mass is 10.1. The number of nitrogens with zero attached hydrogens (tertiary/aromatic N) is 4. The molecule has 1 saturated heterocycles. The minimum Gasteiger partial charge on any atom is -0.468 e. The van der Waals surface area contributed by atoms with Gasteiger partial charge in [-0.05, 0) is 31.4 Å². The Hall–Kier alpha value is -4.53. The molecule has 2 aromatic heterocycles. The molecule has 0 unspecified atom stereocenters. The van der Waals surface area contributed by atoms with Gasteiger partial charge in [0.25, 0.3) is 11.5 Å². The molecule has 2 aromatic carbocycles. The van der Waals surface area contributed by atoms with E-state index >= 15 is 0 Å². The van der Waals surface area contributed by atoms with Crippen LogP contribution in [-0.2, 0) is 16.1 Å². The zero-order valence-electron chi connectivity index (χ0n) is 23.0. The highest BCUT2D eigenvalue weighted by molar-refractivity contribution is 7.17. The van der Waals surface area contributed by atoms with Crippen LogP contribution in [0.25, 0.3) is 10.2 Å². The number of benzene rings is 2. The number of hydrogen-bond acceptors (Lipinski definition) is 9. The smallest absolute Gasteiger partial charge is 0.325 e. The van der Waals surface area contributed by atoms with Gasteiger partial charge in [0.15, 0.2) is 0 Å². The SMILES string of the molecule is COC(=O)CNC(=O)c1csc2c(=O)n(Cc3ccccc3C#N)c(N3CCC[C@@H](N)C3)nc12.Cc1ccccc1. The molecule has 3 heterocycles. The van der Waals surface area contributed by atoms with E-state index < -0.39 is 11.9 Å². The zero-order chi connectivity index (χ0) is 29.4. The van der Waals surface area contributed by atoms with E-state index in [1.807, 2.05) is 29.2 Å². The minimum absolute atomic E-state index is 0.0634. The molecule has 0 aliphatic carbocycles. The molecule has 4 aromatic rings. The second kappa shape index (κ2) is 13.7. The summed E-state index contributed by atoms with van der Waals surface area (Å²) in [7, 11) is 1.23. The Morgan fingerprint density at radius 3 is 2.59 bits per heavy atom. The Labute approximate surface area is 242 Å². The van der Waals surface area contributed by atoms with Crippen LogP contribution < -0.4 is 21.5 Å². The molecule has 5 rings (SSSR count). The van der Waals surface area contributed by atoms with E-state index in [4.69, 9.17) is 10.7 Å².